The van der Waals surface area contributed by atoms with Gasteiger partial charge in [-0.25, -0.2) is 9.97 Å². The Bertz CT molecular complexity index is 351. The van der Waals surface area contributed by atoms with Crippen molar-refractivity contribution >= 4 is 30.0 Å². The minimum Gasteiger partial charge on any atom is -0.341 e. The highest BCUT2D eigenvalue weighted by atomic mass is 35.5. The first-order chi connectivity index (χ1) is 7.16. The second-order valence-corrected chi connectivity index (χ2v) is 4.33. The fourth-order valence-corrected chi connectivity index (χ4v) is 1.79. The van der Waals surface area contributed by atoms with Crippen molar-refractivity contribution in [1.82, 2.24) is 9.97 Å². The Morgan fingerprint density at radius 3 is 2.62 bits per heavy atom. The summed E-state index contributed by atoms with van der Waals surface area (Å²) in [6, 6.07) is 0.321. The van der Waals surface area contributed by atoms with Gasteiger partial charge in [0.15, 0.2) is 0 Å². The zero-order chi connectivity index (χ0) is 10.8. The van der Waals surface area contributed by atoms with E-state index in [-0.39, 0.29) is 12.4 Å². The van der Waals surface area contributed by atoms with Crippen LogP contribution in [0.3, 0.4) is 0 Å². The summed E-state index contributed by atoms with van der Waals surface area (Å²) in [5.74, 6) is 0.720. The van der Waals surface area contributed by atoms with Gasteiger partial charge in [0, 0.05) is 30.9 Å². The maximum Gasteiger partial charge on any atom is 0.226 e. The predicted molar refractivity (Wildman–Crippen MR) is 68.4 cm³/mol. The first kappa shape index (κ1) is 13.5. The Morgan fingerprint density at radius 2 is 2.06 bits per heavy atom. The lowest BCUT2D eigenvalue weighted by atomic mass is 10.1. The van der Waals surface area contributed by atoms with Gasteiger partial charge in [0.2, 0.25) is 5.95 Å². The highest BCUT2D eigenvalue weighted by Crippen LogP contribution is 2.18. The smallest absolute Gasteiger partial charge is 0.226 e. The molecule has 4 nitrogen and oxygen atoms in total. The van der Waals surface area contributed by atoms with E-state index >= 15 is 0 Å². The van der Waals surface area contributed by atoms with Crippen LogP contribution in [0, 0.1) is 6.92 Å². The van der Waals surface area contributed by atoms with Crippen LogP contribution in [0.25, 0.3) is 0 Å². The van der Waals surface area contributed by atoms with Crippen molar-refractivity contribution in [2.45, 2.75) is 25.8 Å². The third-order valence-corrected chi connectivity index (χ3v) is 3.10. The van der Waals surface area contributed by atoms with Crippen molar-refractivity contribution in [2.75, 3.05) is 18.0 Å². The van der Waals surface area contributed by atoms with Gasteiger partial charge in [0.25, 0.3) is 0 Å². The van der Waals surface area contributed by atoms with Gasteiger partial charge in [0.05, 0.1) is 0 Å². The molecule has 1 saturated heterocycles. The number of aromatic nitrogens is 2. The SMILES string of the molecule is Cc1cnc(N2CCC(N)CC2)nc1Cl.Cl. The molecular formula is C10H16Cl2N4. The van der Waals surface area contributed by atoms with Gasteiger partial charge >= 0.3 is 0 Å². The van der Waals surface area contributed by atoms with E-state index < -0.39 is 0 Å². The molecule has 0 spiro atoms. The maximum absolute atomic E-state index is 5.96. The van der Waals surface area contributed by atoms with Crippen LogP contribution in [0.2, 0.25) is 5.15 Å². The lowest BCUT2D eigenvalue weighted by Crippen LogP contribution is -2.40. The summed E-state index contributed by atoms with van der Waals surface area (Å²) < 4.78 is 0. The average molecular weight is 263 g/mol. The first-order valence-corrected chi connectivity index (χ1v) is 5.54. The van der Waals surface area contributed by atoms with Crippen LogP contribution in [-0.4, -0.2) is 29.1 Å². The molecule has 6 heteroatoms. The minimum atomic E-state index is 0. The lowest BCUT2D eigenvalue weighted by molar-refractivity contribution is 0.495. The molecule has 1 aliphatic rings. The van der Waals surface area contributed by atoms with Gasteiger partial charge < -0.3 is 10.6 Å². The van der Waals surface area contributed by atoms with Gasteiger partial charge in [-0.1, -0.05) is 11.6 Å². The van der Waals surface area contributed by atoms with Gasteiger partial charge in [-0.3, -0.25) is 0 Å². The first-order valence-electron chi connectivity index (χ1n) is 5.16. The molecule has 2 rings (SSSR count). The molecule has 0 atom stereocenters. The summed E-state index contributed by atoms with van der Waals surface area (Å²) in [6.07, 6.45) is 3.75. The molecule has 0 aromatic carbocycles. The predicted octanol–water partition coefficient (Wildman–Crippen LogP) is 1.79. The van der Waals surface area contributed by atoms with Gasteiger partial charge in [0.1, 0.15) is 5.15 Å². The zero-order valence-electron chi connectivity index (χ0n) is 9.19. The molecule has 0 amide bonds. The van der Waals surface area contributed by atoms with Crippen LogP contribution in [0.5, 0.6) is 0 Å². The van der Waals surface area contributed by atoms with Crippen LogP contribution in [0.1, 0.15) is 18.4 Å². The van der Waals surface area contributed by atoms with Crippen LogP contribution in [-0.2, 0) is 0 Å². The van der Waals surface area contributed by atoms with Gasteiger partial charge in [-0.15, -0.1) is 12.4 Å². The lowest BCUT2D eigenvalue weighted by Gasteiger charge is -2.30. The maximum atomic E-state index is 5.96. The number of rotatable bonds is 1. The van der Waals surface area contributed by atoms with Crippen LogP contribution in [0.4, 0.5) is 5.95 Å². The number of halogens is 2. The minimum absolute atomic E-state index is 0. The van der Waals surface area contributed by atoms with Crippen molar-refractivity contribution in [3.8, 4) is 0 Å². The number of aryl methyl sites for hydroxylation is 1. The van der Waals surface area contributed by atoms with Crippen LogP contribution in [0.15, 0.2) is 6.20 Å². The third-order valence-electron chi connectivity index (χ3n) is 2.72. The van der Waals surface area contributed by atoms with E-state index in [1.165, 1.54) is 0 Å². The van der Waals surface area contributed by atoms with Crippen molar-refractivity contribution in [3.63, 3.8) is 0 Å². The summed E-state index contributed by atoms with van der Waals surface area (Å²) in [5.41, 5.74) is 6.75. The van der Waals surface area contributed by atoms with E-state index in [9.17, 15) is 0 Å². The number of hydrogen-bond acceptors (Lipinski definition) is 4. The molecule has 16 heavy (non-hydrogen) atoms. The van der Waals surface area contributed by atoms with E-state index in [4.69, 9.17) is 17.3 Å². The number of nitrogens with zero attached hydrogens (tertiary/aromatic N) is 3. The van der Waals surface area contributed by atoms with Crippen molar-refractivity contribution in [1.29, 1.82) is 0 Å². The molecule has 1 aliphatic heterocycles. The van der Waals surface area contributed by atoms with E-state index in [1.54, 1.807) is 6.20 Å². The normalized spacial score (nSPS) is 17.1. The van der Waals surface area contributed by atoms with Crippen LogP contribution >= 0.6 is 24.0 Å². The van der Waals surface area contributed by atoms with E-state index in [2.05, 4.69) is 14.9 Å². The largest absolute Gasteiger partial charge is 0.341 e. The molecule has 0 radical (unpaired) electrons. The third kappa shape index (κ3) is 2.97. The molecular weight excluding hydrogens is 247 g/mol. The number of nitrogens with two attached hydrogens (primary N) is 1. The van der Waals surface area contributed by atoms with Crippen molar-refractivity contribution < 1.29 is 0 Å². The molecule has 1 aromatic rings. The Kier molecular flexibility index (Phi) is 4.77. The Labute approximate surface area is 107 Å². The van der Waals surface area contributed by atoms with E-state index in [0.29, 0.717) is 11.2 Å². The molecule has 0 bridgehead atoms. The molecule has 90 valence electrons. The summed E-state index contributed by atoms with van der Waals surface area (Å²) in [7, 11) is 0. The zero-order valence-corrected chi connectivity index (χ0v) is 10.8. The Morgan fingerprint density at radius 1 is 1.44 bits per heavy atom. The van der Waals surface area contributed by atoms with Gasteiger partial charge in [-0.05, 0) is 19.8 Å². The van der Waals surface area contributed by atoms with Crippen molar-refractivity contribution in [2.24, 2.45) is 5.73 Å². The van der Waals surface area contributed by atoms with E-state index in [1.807, 2.05) is 6.92 Å². The standard InChI is InChI=1S/C10H15ClN4.ClH/c1-7-6-13-10(14-9(7)11)15-4-2-8(12)3-5-15;/h6,8H,2-5,12H2,1H3;1H. The highest BCUT2D eigenvalue weighted by molar-refractivity contribution is 6.30. The summed E-state index contributed by atoms with van der Waals surface area (Å²) in [5, 5.41) is 0.537. The molecule has 2 heterocycles. The average Bonchev–Trinajstić information content (AvgIpc) is 2.23. The fourth-order valence-electron chi connectivity index (χ4n) is 1.66. The number of anilines is 1. The highest BCUT2D eigenvalue weighted by Gasteiger charge is 2.18. The summed E-state index contributed by atoms with van der Waals surface area (Å²) in [4.78, 5) is 10.7. The molecule has 0 aliphatic carbocycles. The molecule has 0 saturated carbocycles. The number of piperidine rings is 1. The Balaban J connectivity index is 0.00000128. The van der Waals surface area contributed by atoms with Gasteiger partial charge in [-0.2, -0.15) is 0 Å². The Hall–Kier alpha value is -0.580. The topological polar surface area (TPSA) is 55.0 Å². The number of hydrogen-bond donors (Lipinski definition) is 1. The molecule has 1 aromatic heterocycles. The quantitative estimate of drug-likeness (QED) is 0.785. The monoisotopic (exact) mass is 262 g/mol. The molecule has 2 N–H and O–H groups in total. The van der Waals surface area contributed by atoms with E-state index in [0.717, 1.165) is 37.4 Å². The fraction of sp³-hybridized carbons (Fsp3) is 0.600. The summed E-state index contributed by atoms with van der Waals surface area (Å²) >= 11 is 5.96. The van der Waals surface area contributed by atoms with Crippen LogP contribution < -0.4 is 10.6 Å². The second kappa shape index (κ2) is 5.66. The summed E-state index contributed by atoms with van der Waals surface area (Å²) in [6.45, 7) is 3.74. The molecule has 1 fully saturated rings. The second-order valence-electron chi connectivity index (χ2n) is 3.97. The van der Waals surface area contributed by atoms with Crippen molar-refractivity contribution in [3.05, 3.63) is 16.9 Å². The molecule has 0 unspecified atom stereocenters.